The van der Waals surface area contributed by atoms with E-state index in [1.807, 2.05) is 44.2 Å². The molecular weight excluding hydrogens is 512 g/mol. The van der Waals surface area contributed by atoms with Gasteiger partial charge in [0.15, 0.2) is 10.3 Å². The third-order valence-electron chi connectivity index (χ3n) is 5.84. The van der Waals surface area contributed by atoms with Crippen molar-refractivity contribution in [1.29, 1.82) is 0 Å². The van der Waals surface area contributed by atoms with Gasteiger partial charge in [-0.25, -0.2) is 4.79 Å². The van der Waals surface area contributed by atoms with Crippen LogP contribution < -0.4 is 5.43 Å². The Bertz CT molecular complexity index is 1470. The summed E-state index contributed by atoms with van der Waals surface area (Å²) in [6.45, 7) is 4.10. The Morgan fingerprint density at radius 2 is 1.78 bits per heavy atom. The first kappa shape index (κ1) is 26.9. The first-order valence-corrected chi connectivity index (χ1v) is 13.2. The zero-order valence-electron chi connectivity index (χ0n) is 20.7. The van der Waals surface area contributed by atoms with Crippen molar-refractivity contribution in [2.75, 3.05) is 13.7 Å². The average molecular weight is 539 g/mol. The number of hydroxylamine groups is 1. The summed E-state index contributed by atoms with van der Waals surface area (Å²) in [4.78, 5) is 27.2. The Kier molecular flexibility index (Phi) is 8.36. The van der Waals surface area contributed by atoms with E-state index < -0.39 is 17.3 Å². The number of carbonyl (C=O) groups excluding carboxylic acids is 1. The number of pyridine rings is 1. The molecule has 1 aromatic heterocycles. The molecule has 37 heavy (non-hydrogen) atoms. The second-order valence-electron chi connectivity index (χ2n) is 8.98. The first-order chi connectivity index (χ1) is 17.7. The highest BCUT2D eigenvalue weighted by molar-refractivity contribution is 7.89. The van der Waals surface area contributed by atoms with E-state index in [9.17, 15) is 19.3 Å². The van der Waals surface area contributed by atoms with Gasteiger partial charge in [-0.3, -0.25) is 10.0 Å². The van der Waals surface area contributed by atoms with Crippen LogP contribution in [0.3, 0.4) is 0 Å². The molecule has 7 nitrogen and oxygen atoms in total. The summed E-state index contributed by atoms with van der Waals surface area (Å²) < 4.78 is 20.2. The molecule has 0 aliphatic rings. The minimum absolute atomic E-state index is 0.111. The van der Waals surface area contributed by atoms with Crippen LogP contribution in [-0.2, 0) is 22.5 Å². The van der Waals surface area contributed by atoms with Gasteiger partial charge < -0.3 is 13.9 Å². The smallest absolute Gasteiger partial charge is 0.355 e. The molecule has 0 saturated carbocycles. The van der Waals surface area contributed by atoms with Crippen molar-refractivity contribution >= 4 is 39.8 Å². The van der Waals surface area contributed by atoms with E-state index in [1.54, 1.807) is 47.0 Å². The lowest BCUT2D eigenvalue weighted by molar-refractivity contribution is -0.00622. The van der Waals surface area contributed by atoms with Crippen LogP contribution in [-0.4, -0.2) is 38.4 Å². The van der Waals surface area contributed by atoms with Gasteiger partial charge >= 0.3 is 5.97 Å². The van der Waals surface area contributed by atoms with Crippen molar-refractivity contribution in [3.8, 4) is 5.69 Å². The van der Waals surface area contributed by atoms with Crippen LogP contribution >= 0.6 is 11.6 Å². The van der Waals surface area contributed by atoms with Gasteiger partial charge in [0.1, 0.15) is 17.1 Å². The van der Waals surface area contributed by atoms with Crippen LogP contribution in [0.1, 0.15) is 35.5 Å². The summed E-state index contributed by atoms with van der Waals surface area (Å²) in [6.07, 6.45) is 0.135. The molecule has 1 unspecified atom stereocenters. The molecule has 0 bridgehead atoms. The molecule has 0 amide bonds. The van der Waals surface area contributed by atoms with Gasteiger partial charge in [-0.15, -0.1) is 0 Å². The van der Waals surface area contributed by atoms with E-state index in [0.717, 1.165) is 10.0 Å². The van der Waals surface area contributed by atoms with Crippen LogP contribution in [0.25, 0.3) is 16.6 Å². The fraction of sp³-hybridized carbons (Fsp3) is 0.214. The molecule has 0 fully saturated rings. The Balaban J connectivity index is 1.85. The van der Waals surface area contributed by atoms with E-state index in [1.165, 1.54) is 7.11 Å². The molecule has 4 aromatic rings. The summed E-state index contributed by atoms with van der Waals surface area (Å²) in [5.41, 5.74) is 1.97. The van der Waals surface area contributed by atoms with Crippen LogP contribution in [0.5, 0.6) is 0 Å². The van der Waals surface area contributed by atoms with Crippen molar-refractivity contribution in [2.24, 2.45) is 5.92 Å². The monoisotopic (exact) mass is 538 g/mol. The molecule has 1 heterocycles. The molecular formula is C28H27ClN2O5S. The van der Waals surface area contributed by atoms with Gasteiger partial charge in [-0.2, -0.15) is 0 Å². The minimum atomic E-state index is -1.73. The van der Waals surface area contributed by atoms with Gasteiger partial charge in [-0.05, 0) is 53.9 Å². The van der Waals surface area contributed by atoms with Gasteiger partial charge in [-0.1, -0.05) is 55.8 Å². The second-order valence-corrected chi connectivity index (χ2v) is 10.8. The van der Waals surface area contributed by atoms with Crippen molar-refractivity contribution in [1.82, 2.24) is 9.04 Å². The van der Waals surface area contributed by atoms with Gasteiger partial charge in [0.05, 0.1) is 19.2 Å². The van der Waals surface area contributed by atoms with Gasteiger partial charge in [0.25, 0.3) is 0 Å². The normalized spacial score (nSPS) is 12.3. The molecule has 192 valence electrons. The Morgan fingerprint density at radius 1 is 1.11 bits per heavy atom. The van der Waals surface area contributed by atoms with E-state index in [-0.39, 0.29) is 35.6 Å². The number of methoxy groups -OCH3 is 1. The number of nitrogens with zero attached hydrogens (tertiary/aromatic N) is 2. The average Bonchev–Trinajstić information content (AvgIpc) is 2.89. The summed E-state index contributed by atoms with van der Waals surface area (Å²) in [5, 5.41) is 10.9. The molecule has 3 aromatic carbocycles. The standard InChI is InChI=1S/C28H27ClN2O5S/c1-18(2)17-30(34)37(35)22-12-9-19(10-13-22)15-24-26(28(33)36-3)31(21-7-5-4-6-8-21)25-16-20(29)11-14-23(25)27(24)32/h4-14,16,18,34H,15,17H2,1-3H3. The maximum atomic E-state index is 13.7. The minimum Gasteiger partial charge on any atom is -0.591 e. The van der Waals surface area contributed by atoms with Crippen molar-refractivity contribution in [3.05, 3.63) is 105 Å². The number of fused-ring (bicyclic) bond motifs is 1. The SMILES string of the molecule is COC(=O)c1c(Cc2ccc([S+]([O-])N(O)CC(C)C)cc2)c(=O)c2ccc(Cl)cc2n1-c1ccccc1. The number of carbonyl (C=O) groups is 1. The fourth-order valence-electron chi connectivity index (χ4n) is 4.16. The molecule has 9 heteroatoms. The third-order valence-corrected chi connectivity index (χ3v) is 7.28. The molecule has 0 radical (unpaired) electrons. The maximum Gasteiger partial charge on any atom is 0.355 e. The number of benzene rings is 3. The van der Waals surface area contributed by atoms with Crippen molar-refractivity contribution in [3.63, 3.8) is 0 Å². The van der Waals surface area contributed by atoms with Crippen molar-refractivity contribution in [2.45, 2.75) is 25.2 Å². The van der Waals surface area contributed by atoms with E-state index in [0.29, 0.717) is 26.5 Å². The quantitative estimate of drug-likeness (QED) is 0.183. The lowest BCUT2D eigenvalue weighted by Gasteiger charge is -2.20. The summed E-state index contributed by atoms with van der Waals surface area (Å²) >= 11 is 4.54. The van der Waals surface area contributed by atoms with Crippen LogP contribution in [0, 0.1) is 5.92 Å². The lowest BCUT2D eigenvalue weighted by Crippen LogP contribution is -2.31. The molecule has 0 saturated heterocycles. The number of aromatic nitrogens is 1. The number of halogens is 1. The van der Waals surface area contributed by atoms with Crippen LogP contribution in [0.15, 0.2) is 82.5 Å². The van der Waals surface area contributed by atoms with E-state index in [4.69, 9.17) is 16.3 Å². The summed E-state index contributed by atoms with van der Waals surface area (Å²) in [7, 11) is 1.27. The highest BCUT2D eigenvalue weighted by Crippen LogP contribution is 2.27. The number of ether oxygens (including phenoxy) is 1. The zero-order chi connectivity index (χ0) is 26.7. The summed E-state index contributed by atoms with van der Waals surface area (Å²) in [5.74, 6) is -0.514. The van der Waals surface area contributed by atoms with Gasteiger partial charge in [0, 0.05) is 32.5 Å². The van der Waals surface area contributed by atoms with Crippen LogP contribution in [0.2, 0.25) is 5.02 Å². The highest BCUT2D eigenvalue weighted by atomic mass is 35.5. The predicted molar refractivity (Wildman–Crippen MR) is 145 cm³/mol. The largest absolute Gasteiger partial charge is 0.591 e. The molecule has 4 rings (SSSR count). The van der Waals surface area contributed by atoms with Gasteiger partial charge in [0.2, 0.25) is 0 Å². The Hall–Kier alpha value is -3.14. The first-order valence-electron chi connectivity index (χ1n) is 11.7. The lowest BCUT2D eigenvalue weighted by atomic mass is 9.99. The second kappa shape index (κ2) is 11.5. The zero-order valence-corrected chi connectivity index (χ0v) is 22.3. The highest BCUT2D eigenvalue weighted by Gasteiger charge is 2.25. The molecule has 0 spiro atoms. The molecule has 1 atom stereocenters. The summed E-state index contributed by atoms with van der Waals surface area (Å²) in [6, 6.07) is 20.9. The number of hydrogen-bond acceptors (Lipinski definition) is 6. The maximum absolute atomic E-state index is 13.7. The van der Waals surface area contributed by atoms with Crippen molar-refractivity contribution < 1.29 is 19.3 Å². The Morgan fingerprint density at radius 3 is 2.41 bits per heavy atom. The number of para-hydroxylation sites is 1. The molecule has 1 N–H and O–H groups in total. The molecule has 0 aliphatic heterocycles. The van der Waals surface area contributed by atoms with Crippen LogP contribution in [0.4, 0.5) is 0 Å². The predicted octanol–water partition coefficient (Wildman–Crippen LogP) is 5.39. The molecule has 0 aliphatic carbocycles. The number of esters is 1. The third kappa shape index (κ3) is 5.74. The Labute approximate surface area is 223 Å². The number of rotatable bonds is 8. The van der Waals surface area contributed by atoms with E-state index in [2.05, 4.69) is 0 Å². The number of hydrogen-bond donors (Lipinski definition) is 1. The topological polar surface area (TPSA) is 94.8 Å². The van der Waals surface area contributed by atoms with E-state index >= 15 is 0 Å². The fourth-order valence-corrected chi connectivity index (χ4v) is 5.37.